The van der Waals surface area contributed by atoms with Gasteiger partial charge in [0.25, 0.3) is 0 Å². The zero-order valence-corrected chi connectivity index (χ0v) is 16.1. The van der Waals surface area contributed by atoms with Crippen LogP contribution in [-0.2, 0) is 6.18 Å². The van der Waals surface area contributed by atoms with Crippen LogP contribution in [0.15, 0.2) is 53.5 Å². The number of alkyl halides is 3. The van der Waals surface area contributed by atoms with Gasteiger partial charge >= 0.3 is 6.18 Å². The van der Waals surface area contributed by atoms with Gasteiger partial charge in [-0.05, 0) is 42.5 Å². The summed E-state index contributed by atoms with van der Waals surface area (Å²) in [5.41, 5.74) is 5.99. The molecule has 0 aliphatic rings. The zero-order chi connectivity index (χ0) is 18.3. The first-order valence-electron chi connectivity index (χ1n) is 7.25. The number of anilines is 1. The van der Waals surface area contributed by atoms with Crippen LogP contribution in [0.2, 0.25) is 0 Å². The summed E-state index contributed by atoms with van der Waals surface area (Å²) in [4.78, 5) is 4.00. The summed E-state index contributed by atoms with van der Waals surface area (Å²) < 4.78 is 42.9. The molecule has 8 heteroatoms. The van der Waals surface area contributed by atoms with Gasteiger partial charge in [0.2, 0.25) is 0 Å². The first-order chi connectivity index (χ1) is 11.9. The van der Waals surface area contributed by atoms with E-state index in [0.717, 1.165) is 17.8 Å². The molecule has 2 aromatic carbocycles. The molecular formula is C18H17F3IN3O. The lowest BCUT2D eigenvalue weighted by atomic mass is 10.1. The molecule has 0 atom stereocenters. The molecule has 0 amide bonds. The molecule has 0 saturated heterocycles. The van der Waals surface area contributed by atoms with Crippen molar-refractivity contribution in [2.24, 2.45) is 10.7 Å². The Morgan fingerprint density at radius 1 is 1.19 bits per heavy atom. The van der Waals surface area contributed by atoms with E-state index in [9.17, 15) is 13.2 Å². The monoisotopic (exact) mass is 475 g/mol. The highest BCUT2D eigenvalue weighted by atomic mass is 127. The molecule has 0 aliphatic carbocycles. The first kappa shape index (κ1) is 21.6. The van der Waals surface area contributed by atoms with E-state index in [4.69, 9.17) is 10.5 Å². The Labute approximate surface area is 166 Å². The molecule has 4 nitrogen and oxygen atoms in total. The van der Waals surface area contributed by atoms with Crippen molar-refractivity contribution in [3.05, 3.63) is 59.7 Å². The smallest absolute Gasteiger partial charge is 0.416 e. The predicted molar refractivity (Wildman–Crippen MR) is 107 cm³/mol. The molecular weight excluding hydrogens is 458 g/mol. The first-order valence-corrected chi connectivity index (χ1v) is 7.25. The Morgan fingerprint density at radius 3 is 2.50 bits per heavy atom. The Bertz CT molecular complexity index is 809. The van der Waals surface area contributed by atoms with Gasteiger partial charge in [0.15, 0.2) is 5.96 Å². The molecule has 2 aromatic rings. The molecule has 0 unspecified atom stereocenters. The fourth-order valence-electron chi connectivity index (χ4n) is 1.90. The molecule has 0 fully saturated rings. The van der Waals surface area contributed by atoms with Crippen LogP contribution >= 0.6 is 24.0 Å². The maximum atomic E-state index is 12.6. The number of nitrogens with two attached hydrogens (primary N) is 1. The number of guanidine groups is 1. The van der Waals surface area contributed by atoms with Gasteiger partial charge in [-0.1, -0.05) is 17.9 Å². The number of aliphatic imine (C=N–C) groups is 1. The van der Waals surface area contributed by atoms with Gasteiger partial charge in [0.05, 0.1) is 12.7 Å². The number of nitrogens with zero attached hydrogens (tertiary/aromatic N) is 1. The maximum absolute atomic E-state index is 12.6. The van der Waals surface area contributed by atoms with E-state index in [2.05, 4.69) is 22.2 Å². The molecule has 0 bridgehead atoms. The topological polar surface area (TPSA) is 59.6 Å². The normalized spacial score (nSPS) is 11.0. The summed E-state index contributed by atoms with van der Waals surface area (Å²) >= 11 is 0. The van der Waals surface area contributed by atoms with Crippen molar-refractivity contribution in [2.75, 3.05) is 19.0 Å². The standard InChI is InChI=1S/C18H16F3N3O.HI/c1-25-16-9-7-15(8-10-16)24-17(22)23-11-3-5-13-4-2-6-14(12-13)18(19,20)21;/h2,4,6-10,12H,11H2,1H3,(H3,22,23,24);1H. The van der Waals surface area contributed by atoms with Crippen molar-refractivity contribution in [3.63, 3.8) is 0 Å². The van der Waals surface area contributed by atoms with Crippen molar-refractivity contribution in [2.45, 2.75) is 6.18 Å². The molecule has 3 N–H and O–H groups in total. The number of benzene rings is 2. The fraction of sp³-hybridized carbons (Fsp3) is 0.167. The van der Waals surface area contributed by atoms with Gasteiger partial charge in [-0.25, -0.2) is 4.99 Å². The largest absolute Gasteiger partial charge is 0.497 e. The summed E-state index contributed by atoms with van der Waals surface area (Å²) in [6.07, 6.45) is -4.39. The second kappa shape index (κ2) is 9.91. The summed E-state index contributed by atoms with van der Waals surface area (Å²) in [6, 6.07) is 11.9. The minimum absolute atomic E-state index is 0. The Morgan fingerprint density at radius 2 is 1.88 bits per heavy atom. The van der Waals surface area contributed by atoms with Gasteiger partial charge in [0.1, 0.15) is 12.3 Å². The van der Waals surface area contributed by atoms with Crippen molar-refractivity contribution in [1.82, 2.24) is 0 Å². The third-order valence-electron chi connectivity index (χ3n) is 3.11. The van der Waals surface area contributed by atoms with Gasteiger partial charge in [-0.2, -0.15) is 13.2 Å². The molecule has 0 radical (unpaired) electrons. The minimum Gasteiger partial charge on any atom is -0.497 e. The van der Waals surface area contributed by atoms with Crippen LogP contribution in [0.5, 0.6) is 5.75 Å². The number of rotatable bonds is 3. The van der Waals surface area contributed by atoms with Crippen molar-refractivity contribution in [3.8, 4) is 17.6 Å². The average Bonchev–Trinajstić information content (AvgIpc) is 2.59. The van der Waals surface area contributed by atoms with E-state index in [1.54, 1.807) is 31.4 Å². The summed E-state index contributed by atoms with van der Waals surface area (Å²) in [5.74, 6) is 6.18. The predicted octanol–water partition coefficient (Wildman–Crippen LogP) is 4.11. The lowest BCUT2D eigenvalue weighted by Crippen LogP contribution is -2.22. The van der Waals surface area contributed by atoms with E-state index >= 15 is 0 Å². The molecule has 0 saturated carbocycles. The number of nitrogens with one attached hydrogen (secondary N) is 1. The van der Waals surface area contributed by atoms with Gasteiger partial charge in [-0.15, -0.1) is 24.0 Å². The van der Waals surface area contributed by atoms with Crippen LogP contribution in [0.1, 0.15) is 11.1 Å². The molecule has 2 rings (SSSR count). The van der Waals surface area contributed by atoms with Crippen LogP contribution in [0.3, 0.4) is 0 Å². The highest BCUT2D eigenvalue weighted by Crippen LogP contribution is 2.29. The van der Waals surface area contributed by atoms with Gasteiger partial charge in [0, 0.05) is 11.3 Å². The van der Waals surface area contributed by atoms with Crippen LogP contribution < -0.4 is 15.8 Å². The molecule has 0 aliphatic heterocycles. The maximum Gasteiger partial charge on any atom is 0.416 e. The minimum atomic E-state index is -4.39. The van der Waals surface area contributed by atoms with Gasteiger partial charge < -0.3 is 15.8 Å². The van der Waals surface area contributed by atoms with Crippen molar-refractivity contribution >= 4 is 35.6 Å². The number of hydrogen-bond donors (Lipinski definition) is 2. The third kappa shape index (κ3) is 6.84. The van der Waals surface area contributed by atoms with Crippen molar-refractivity contribution in [1.29, 1.82) is 0 Å². The van der Waals surface area contributed by atoms with Gasteiger partial charge in [-0.3, -0.25) is 0 Å². The number of halogens is 4. The fourth-order valence-corrected chi connectivity index (χ4v) is 1.90. The number of ether oxygens (including phenoxy) is 1. The van der Waals surface area contributed by atoms with Crippen molar-refractivity contribution < 1.29 is 17.9 Å². The Balaban J connectivity index is 0.00000338. The zero-order valence-electron chi connectivity index (χ0n) is 13.8. The van der Waals surface area contributed by atoms with E-state index in [1.165, 1.54) is 12.1 Å². The summed E-state index contributed by atoms with van der Waals surface area (Å²) in [6.45, 7) is 0.0607. The lowest BCUT2D eigenvalue weighted by Gasteiger charge is -2.06. The Kier molecular flexibility index (Phi) is 8.25. The SMILES string of the molecule is COc1ccc(NC(N)=NCC#Cc2cccc(C(F)(F)F)c2)cc1.I. The molecule has 138 valence electrons. The van der Waals surface area contributed by atoms with E-state index < -0.39 is 11.7 Å². The molecule has 0 aromatic heterocycles. The average molecular weight is 475 g/mol. The van der Waals surface area contributed by atoms with Crippen LogP contribution in [0.4, 0.5) is 18.9 Å². The van der Waals surface area contributed by atoms with Crippen LogP contribution in [-0.4, -0.2) is 19.6 Å². The number of methoxy groups -OCH3 is 1. The number of hydrogen-bond acceptors (Lipinski definition) is 2. The Hall–Kier alpha value is -2.41. The molecule has 0 heterocycles. The van der Waals surface area contributed by atoms with E-state index in [0.29, 0.717) is 5.75 Å². The summed E-state index contributed by atoms with van der Waals surface area (Å²) in [5, 5.41) is 2.88. The second-order valence-electron chi connectivity index (χ2n) is 4.94. The van der Waals surface area contributed by atoms with E-state index in [-0.39, 0.29) is 42.0 Å². The van der Waals surface area contributed by atoms with Crippen LogP contribution in [0.25, 0.3) is 0 Å². The lowest BCUT2D eigenvalue weighted by molar-refractivity contribution is -0.137. The highest BCUT2D eigenvalue weighted by Gasteiger charge is 2.30. The van der Waals surface area contributed by atoms with E-state index in [1.807, 2.05) is 0 Å². The van der Waals surface area contributed by atoms with Crippen LogP contribution in [0, 0.1) is 11.8 Å². The molecule has 0 spiro atoms. The second-order valence-corrected chi connectivity index (χ2v) is 4.94. The molecule has 26 heavy (non-hydrogen) atoms. The quantitative estimate of drug-likeness (QED) is 0.304. The third-order valence-corrected chi connectivity index (χ3v) is 3.11. The summed E-state index contributed by atoms with van der Waals surface area (Å²) in [7, 11) is 1.57. The highest BCUT2D eigenvalue weighted by molar-refractivity contribution is 14.0.